The Hall–Kier alpha value is -2.17. The number of nitrogens with one attached hydrogen (secondary N) is 1. The number of H-pyrrole nitrogens is 1. The number of carboxylic acid groups (broad SMARTS) is 1. The molecule has 2 aromatic rings. The minimum Gasteiger partial charge on any atom is -0.479 e. The Labute approximate surface area is 89.3 Å². The molecule has 0 saturated carbocycles. The van der Waals surface area contributed by atoms with E-state index in [9.17, 15) is 14.0 Å². The monoisotopic (exact) mass is 221 g/mol. The normalized spacial score (nSPS) is 12.6. The van der Waals surface area contributed by atoms with Gasteiger partial charge in [-0.25, -0.2) is 9.18 Å². The molecule has 5 heteroatoms. The van der Waals surface area contributed by atoms with Crippen molar-refractivity contribution >= 4 is 16.9 Å². The summed E-state index contributed by atoms with van der Waals surface area (Å²) in [6.07, 6.45) is -2.09. The average Bonchev–Trinajstić information content (AvgIpc) is 2.26. The van der Waals surface area contributed by atoms with Crippen LogP contribution in [-0.4, -0.2) is 16.1 Å². The standard InChI is InChI=1S/C11H8FNO3/c12-10(11(15)16)7-2-1-3-8-6(7)4-5-9(14)13-8/h1-5,10H,(H,13,14)(H,15,16). The topological polar surface area (TPSA) is 70.2 Å². The number of aliphatic carboxylic acids is 1. The summed E-state index contributed by atoms with van der Waals surface area (Å²) in [7, 11) is 0. The van der Waals surface area contributed by atoms with Crippen molar-refractivity contribution in [2.24, 2.45) is 0 Å². The Morgan fingerprint density at radius 1 is 1.31 bits per heavy atom. The fraction of sp³-hybridized carbons (Fsp3) is 0.0909. The molecule has 1 aromatic carbocycles. The van der Waals surface area contributed by atoms with Crippen molar-refractivity contribution in [3.05, 3.63) is 46.2 Å². The van der Waals surface area contributed by atoms with Crippen molar-refractivity contribution in [1.82, 2.24) is 4.98 Å². The van der Waals surface area contributed by atoms with E-state index in [4.69, 9.17) is 5.11 Å². The van der Waals surface area contributed by atoms with E-state index in [0.717, 1.165) is 0 Å². The maximum atomic E-state index is 13.4. The first-order valence-electron chi connectivity index (χ1n) is 4.58. The van der Waals surface area contributed by atoms with Gasteiger partial charge >= 0.3 is 5.97 Å². The van der Waals surface area contributed by atoms with Gasteiger partial charge in [-0.1, -0.05) is 12.1 Å². The molecule has 2 rings (SSSR count). The van der Waals surface area contributed by atoms with E-state index in [-0.39, 0.29) is 11.1 Å². The van der Waals surface area contributed by atoms with Crippen LogP contribution in [0.3, 0.4) is 0 Å². The van der Waals surface area contributed by atoms with Crippen LogP contribution < -0.4 is 5.56 Å². The van der Waals surface area contributed by atoms with Crippen molar-refractivity contribution in [2.45, 2.75) is 6.17 Å². The number of halogens is 1. The molecule has 0 fully saturated rings. The van der Waals surface area contributed by atoms with Crippen LogP contribution in [0.4, 0.5) is 4.39 Å². The van der Waals surface area contributed by atoms with Gasteiger partial charge in [0, 0.05) is 22.5 Å². The Morgan fingerprint density at radius 2 is 2.06 bits per heavy atom. The summed E-state index contributed by atoms with van der Waals surface area (Å²) in [6, 6.07) is 7.14. The maximum Gasteiger partial charge on any atom is 0.343 e. The second kappa shape index (κ2) is 3.77. The number of aromatic nitrogens is 1. The van der Waals surface area contributed by atoms with Gasteiger partial charge in [-0.2, -0.15) is 0 Å². The first kappa shape index (κ1) is 10.4. The number of carboxylic acids is 1. The molecular weight excluding hydrogens is 213 g/mol. The zero-order chi connectivity index (χ0) is 11.7. The second-order valence-corrected chi connectivity index (χ2v) is 3.33. The summed E-state index contributed by atoms with van der Waals surface area (Å²) in [4.78, 5) is 24.1. The molecule has 0 spiro atoms. The predicted octanol–water partition coefficient (Wildman–Crippen LogP) is 1.62. The first-order chi connectivity index (χ1) is 7.59. The summed E-state index contributed by atoms with van der Waals surface area (Å²) in [5.74, 6) is -1.54. The molecule has 0 aliphatic rings. The zero-order valence-electron chi connectivity index (χ0n) is 8.11. The predicted molar refractivity (Wildman–Crippen MR) is 56.1 cm³/mol. The van der Waals surface area contributed by atoms with Crippen molar-refractivity contribution in [3.63, 3.8) is 0 Å². The fourth-order valence-corrected chi connectivity index (χ4v) is 1.57. The third-order valence-corrected chi connectivity index (χ3v) is 2.29. The van der Waals surface area contributed by atoms with E-state index in [1.807, 2.05) is 0 Å². The van der Waals surface area contributed by atoms with Crippen LogP contribution in [0.1, 0.15) is 11.7 Å². The number of alkyl halides is 1. The largest absolute Gasteiger partial charge is 0.479 e. The number of pyridine rings is 1. The van der Waals surface area contributed by atoms with Gasteiger partial charge < -0.3 is 10.1 Å². The van der Waals surface area contributed by atoms with Gasteiger partial charge in [0.15, 0.2) is 0 Å². The molecule has 0 aliphatic heterocycles. The minimum atomic E-state index is -2.09. The van der Waals surface area contributed by atoms with Gasteiger partial charge in [-0.05, 0) is 12.1 Å². The highest BCUT2D eigenvalue weighted by Crippen LogP contribution is 2.25. The molecule has 0 saturated heterocycles. The molecular formula is C11H8FNO3. The molecule has 4 nitrogen and oxygen atoms in total. The van der Waals surface area contributed by atoms with E-state index in [1.54, 1.807) is 6.07 Å². The highest BCUT2D eigenvalue weighted by atomic mass is 19.1. The van der Waals surface area contributed by atoms with Gasteiger partial charge in [0.2, 0.25) is 11.7 Å². The highest BCUT2D eigenvalue weighted by Gasteiger charge is 2.20. The van der Waals surface area contributed by atoms with Crippen LogP contribution in [0.25, 0.3) is 10.9 Å². The molecule has 16 heavy (non-hydrogen) atoms. The molecule has 1 unspecified atom stereocenters. The van der Waals surface area contributed by atoms with Crippen LogP contribution in [0, 0.1) is 0 Å². The van der Waals surface area contributed by atoms with Gasteiger partial charge in [0.05, 0.1) is 0 Å². The zero-order valence-corrected chi connectivity index (χ0v) is 8.11. The number of aromatic amines is 1. The van der Waals surface area contributed by atoms with Crippen molar-refractivity contribution in [2.75, 3.05) is 0 Å². The van der Waals surface area contributed by atoms with Crippen molar-refractivity contribution < 1.29 is 14.3 Å². The van der Waals surface area contributed by atoms with Crippen LogP contribution in [-0.2, 0) is 4.79 Å². The number of benzene rings is 1. The summed E-state index contributed by atoms with van der Waals surface area (Å²) in [5, 5.41) is 9.00. The molecule has 0 aliphatic carbocycles. The lowest BCUT2D eigenvalue weighted by Crippen LogP contribution is -2.08. The van der Waals surface area contributed by atoms with Gasteiger partial charge in [0.1, 0.15) is 0 Å². The Bertz CT molecular complexity index is 605. The minimum absolute atomic E-state index is 0.0428. The summed E-state index contributed by atoms with van der Waals surface area (Å²) in [5.41, 5.74) is 0.158. The number of carbonyl (C=O) groups is 1. The molecule has 1 atom stereocenters. The lowest BCUT2D eigenvalue weighted by atomic mass is 10.0. The number of hydrogen-bond donors (Lipinski definition) is 2. The van der Waals surface area contributed by atoms with Crippen LogP contribution in [0.2, 0.25) is 0 Å². The summed E-state index contributed by atoms with van der Waals surface area (Å²) >= 11 is 0. The lowest BCUT2D eigenvalue weighted by Gasteiger charge is -2.07. The summed E-state index contributed by atoms with van der Waals surface area (Å²) < 4.78 is 13.4. The lowest BCUT2D eigenvalue weighted by molar-refractivity contribution is -0.142. The highest BCUT2D eigenvalue weighted by molar-refractivity contribution is 5.87. The van der Waals surface area contributed by atoms with E-state index in [0.29, 0.717) is 10.9 Å². The van der Waals surface area contributed by atoms with Crippen LogP contribution >= 0.6 is 0 Å². The molecule has 0 radical (unpaired) electrons. The molecule has 1 aromatic heterocycles. The molecule has 1 heterocycles. The smallest absolute Gasteiger partial charge is 0.343 e. The third-order valence-electron chi connectivity index (χ3n) is 2.29. The number of rotatable bonds is 2. The van der Waals surface area contributed by atoms with E-state index in [2.05, 4.69) is 4.98 Å². The van der Waals surface area contributed by atoms with E-state index < -0.39 is 12.1 Å². The third kappa shape index (κ3) is 1.67. The summed E-state index contributed by atoms with van der Waals surface area (Å²) in [6.45, 7) is 0. The number of fused-ring (bicyclic) bond motifs is 1. The molecule has 0 amide bonds. The van der Waals surface area contributed by atoms with Crippen molar-refractivity contribution in [3.8, 4) is 0 Å². The molecule has 2 N–H and O–H groups in total. The van der Waals surface area contributed by atoms with E-state index >= 15 is 0 Å². The Balaban J connectivity index is 2.71. The number of hydrogen-bond acceptors (Lipinski definition) is 2. The maximum absolute atomic E-state index is 13.4. The van der Waals surface area contributed by atoms with Crippen LogP contribution in [0.15, 0.2) is 35.1 Å². The Kier molecular flexibility index (Phi) is 2.44. The quantitative estimate of drug-likeness (QED) is 0.809. The van der Waals surface area contributed by atoms with Crippen LogP contribution in [0.5, 0.6) is 0 Å². The molecule has 0 bridgehead atoms. The Morgan fingerprint density at radius 3 is 2.75 bits per heavy atom. The van der Waals surface area contributed by atoms with Crippen molar-refractivity contribution in [1.29, 1.82) is 0 Å². The second-order valence-electron chi connectivity index (χ2n) is 3.33. The van der Waals surface area contributed by atoms with Gasteiger partial charge in [-0.3, -0.25) is 4.79 Å². The van der Waals surface area contributed by atoms with Gasteiger partial charge in [0.25, 0.3) is 0 Å². The average molecular weight is 221 g/mol. The SMILES string of the molecule is O=C(O)C(F)c1cccc2[nH]c(=O)ccc12. The van der Waals surface area contributed by atoms with E-state index in [1.165, 1.54) is 24.3 Å². The fourth-order valence-electron chi connectivity index (χ4n) is 1.57. The first-order valence-corrected chi connectivity index (χ1v) is 4.58. The molecule has 82 valence electrons. The van der Waals surface area contributed by atoms with Gasteiger partial charge in [-0.15, -0.1) is 0 Å².